The van der Waals surface area contributed by atoms with Crippen molar-refractivity contribution in [1.29, 1.82) is 0 Å². The number of benzene rings is 23. The Morgan fingerprint density at radius 1 is 0.122 bits per heavy atom. The molecule has 0 aliphatic rings. The molecule has 0 N–H and O–H groups in total. The van der Waals surface area contributed by atoms with Crippen molar-refractivity contribution in [2.75, 3.05) is 0 Å². The molecule has 4 heteroatoms. The van der Waals surface area contributed by atoms with Gasteiger partial charge in [-0.1, -0.05) is 411 Å². The van der Waals surface area contributed by atoms with Gasteiger partial charge in [-0.05, 0) is 252 Å². The van der Waals surface area contributed by atoms with Crippen LogP contribution < -0.4 is 0 Å². The second-order valence-corrected chi connectivity index (χ2v) is 34.2. The predicted octanol–water partition coefficient (Wildman–Crippen LogP) is 37.1. The van der Waals surface area contributed by atoms with E-state index in [9.17, 15) is 0 Å². The van der Waals surface area contributed by atoms with Crippen molar-refractivity contribution >= 4 is 195 Å². The highest BCUT2D eigenvalue weighted by atomic mass is 16.3. The molecule has 4 heterocycles. The first kappa shape index (κ1) is 84.4. The fourth-order valence-corrected chi connectivity index (χ4v) is 18.4. The van der Waals surface area contributed by atoms with Crippen LogP contribution in [0.4, 0.5) is 0 Å². The van der Waals surface area contributed by atoms with E-state index in [0.717, 1.165) is 44.7 Å². The summed E-state index contributed by atoms with van der Waals surface area (Å²) in [5, 5.41) is 36.5. The number of hydrogen-bond acceptors (Lipinski definition) is 4. The summed E-state index contributed by atoms with van der Waals surface area (Å²) in [6, 6.07) is 155. The van der Waals surface area contributed by atoms with E-state index in [1.165, 1.54) is 201 Å². The van der Waals surface area contributed by atoms with Crippen molar-refractivity contribution in [3.63, 3.8) is 0 Å². The van der Waals surface area contributed by atoms with Gasteiger partial charge in [0.25, 0.3) is 0 Å². The van der Waals surface area contributed by atoms with Gasteiger partial charge in [0.2, 0.25) is 0 Å². The SMILES string of the molecule is Cc1cc2ccccc2c2ccccc12.Cc1ccc2c(c1)oc1ccccc12.Cc1ccc2c(ccc3ccccc32)c1.Cc1ccc2ccc3ccccc3c2c1.Cc1ccc2oc3ccccc3c2c1.Cc1cccc2c1ccc1ccccc12.Cc1cccc2c1oc1ccccc12.Cc1cccc2ccc3ccccc3c12.Cc1cccc2oc3ccccc3c12. The van der Waals surface area contributed by atoms with E-state index >= 15 is 0 Å². The number of fused-ring (bicyclic) bond motifs is 27. The summed E-state index contributed by atoms with van der Waals surface area (Å²) in [6.45, 7) is 19.2. The standard InChI is InChI=1S/5C15H12.4C13H10O/c1-11-5-4-7-13-10-9-12-6-2-3-8-14(12)15(11)13;1-11-10-12-6-2-3-8-14(12)15-9-5-4-7-13(11)15;1-11-5-4-8-15-13(11)10-9-12-6-2-3-7-14(12)15;1-11-6-9-15-13(10-11)8-7-12-4-2-3-5-14(12)15;1-11-6-7-13-9-8-12-4-2-3-5-14(12)15(13)10-11;1-9-5-4-7-11-10-6-2-3-8-12(10)14-13(9)11;1-9-5-4-8-12-13(9)10-6-2-3-7-11(10)14-12;1-9-6-7-13-11(8-9)10-4-2-3-5-12(10)14-13;1-9-6-7-11-10-4-2-3-5-12(10)14-13(11)8-9/h5*2-10H,1H3;4*2-8H,1H3. The van der Waals surface area contributed by atoms with E-state index in [1.807, 2.05) is 91.0 Å². The van der Waals surface area contributed by atoms with Crippen molar-refractivity contribution < 1.29 is 17.7 Å². The summed E-state index contributed by atoms with van der Waals surface area (Å²) in [5.74, 6) is 0. The van der Waals surface area contributed by atoms with E-state index in [4.69, 9.17) is 17.7 Å². The lowest BCUT2D eigenvalue weighted by atomic mass is 9.98. The van der Waals surface area contributed by atoms with Crippen molar-refractivity contribution in [1.82, 2.24) is 0 Å². The summed E-state index contributed by atoms with van der Waals surface area (Å²) < 4.78 is 23.0. The van der Waals surface area contributed by atoms with Crippen LogP contribution in [0, 0.1) is 62.3 Å². The molecule has 0 spiro atoms. The molecule has 27 aromatic rings. The molecule has 0 atom stereocenters. The Morgan fingerprint density at radius 3 is 1.05 bits per heavy atom. The van der Waals surface area contributed by atoms with E-state index in [-0.39, 0.29) is 0 Å². The van der Waals surface area contributed by atoms with Crippen molar-refractivity contribution in [3.05, 3.63) is 493 Å². The first-order valence-corrected chi connectivity index (χ1v) is 45.1. The molecular formula is C127H100O4. The maximum absolute atomic E-state index is 5.78. The van der Waals surface area contributed by atoms with Crippen molar-refractivity contribution in [2.24, 2.45) is 0 Å². The quantitative estimate of drug-likeness (QED) is 0.142. The van der Waals surface area contributed by atoms with Crippen LogP contribution in [0.3, 0.4) is 0 Å². The highest BCUT2D eigenvalue weighted by Crippen LogP contribution is 2.38. The second kappa shape index (κ2) is 37.8. The van der Waals surface area contributed by atoms with E-state index in [0.29, 0.717) is 0 Å². The minimum Gasteiger partial charge on any atom is -0.456 e. The van der Waals surface area contributed by atoms with Gasteiger partial charge in [-0.3, -0.25) is 0 Å². The van der Waals surface area contributed by atoms with Crippen LogP contribution >= 0.6 is 0 Å². The molecule has 27 rings (SSSR count). The first-order chi connectivity index (χ1) is 64.2. The molecule has 0 aliphatic carbocycles. The van der Waals surface area contributed by atoms with Gasteiger partial charge in [0.1, 0.15) is 44.7 Å². The van der Waals surface area contributed by atoms with Gasteiger partial charge >= 0.3 is 0 Å². The van der Waals surface area contributed by atoms with Gasteiger partial charge < -0.3 is 17.7 Å². The molecule has 0 saturated carbocycles. The third-order valence-electron chi connectivity index (χ3n) is 25.0. The number of furan rings is 4. The highest BCUT2D eigenvalue weighted by molar-refractivity contribution is 6.14. The van der Waals surface area contributed by atoms with Crippen molar-refractivity contribution in [3.8, 4) is 0 Å². The molecule has 0 fully saturated rings. The molecule has 0 saturated heterocycles. The smallest absolute Gasteiger partial charge is 0.138 e. The summed E-state index contributed by atoms with van der Waals surface area (Å²) in [4.78, 5) is 0. The van der Waals surface area contributed by atoms with Crippen LogP contribution in [0.2, 0.25) is 0 Å². The summed E-state index contributed by atoms with van der Waals surface area (Å²) in [7, 11) is 0. The van der Waals surface area contributed by atoms with E-state index < -0.39 is 0 Å². The topological polar surface area (TPSA) is 52.6 Å². The van der Waals surface area contributed by atoms with Gasteiger partial charge in [-0.25, -0.2) is 0 Å². The van der Waals surface area contributed by atoms with Gasteiger partial charge in [-0.2, -0.15) is 0 Å². The Kier molecular flexibility index (Phi) is 24.3. The number of para-hydroxylation sites is 5. The second-order valence-electron chi connectivity index (χ2n) is 34.2. The summed E-state index contributed by atoms with van der Waals surface area (Å²) >= 11 is 0. The van der Waals surface area contributed by atoms with Crippen LogP contribution in [-0.2, 0) is 0 Å². The average Bonchev–Trinajstić information content (AvgIpc) is 1.48. The molecular weight excluding hydrogens is 1590 g/mol. The molecule has 131 heavy (non-hydrogen) atoms. The fraction of sp³-hybridized carbons (Fsp3) is 0.0709. The summed E-state index contributed by atoms with van der Waals surface area (Å²) in [5.41, 5.74) is 19.5. The van der Waals surface area contributed by atoms with Crippen LogP contribution in [0.15, 0.2) is 461 Å². The third-order valence-corrected chi connectivity index (χ3v) is 25.0. The molecule has 0 radical (unpaired) electrons. The number of rotatable bonds is 0. The van der Waals surface area contributed by atoms with Crippen LogP contribution in [-0.4, -0.2) is 0 Å². The zero-order valence-corrected chi connectivity index (χ0v) is 75.3. The number of aryl methyl sites for hydroxylation is 9. The maximum Gasteiger partial charge on any atom is 0.138 e. The highest BCUT2D eigenvalue weighted by Gasteiger charge is 2.13. The molecule has 632 valence electrons. The monoisotopic (exact) mass is 1690 g/mol. The van der Waals surface area contributed by atoms with Crippen LogP contribution in [0.25, 0.3) is 195 Å². The largest absolute Gasteiger partial charge is 0.456 e. The molecule has 23 aromatic carbocycles. The lowest BCUT2D eigenvalue weighted by molar-refractivity contribution is 0.665. The molecule has 0 bridgehead atoms. The molecule has 0 amide bonds. The first-order valence-electron chi connectivity index (χ1n) is 45.1. The predicted molar refractivity (Wildman–Crippen MR) is 565 cm³/mol. The molecule has 0 aliphatic heterocycles. The minimum absolute atomic E-state index is 0.966. The van der Waals surface area contributed by atoms with Gasteiger partial charge in [0, 0.05) is 43.1 Å². The average molecular weight is 1690 g/mol. The van der Waals surface area contributed by atoms with Gasteiger partial charge in [-0.15, -0.1) is 0 Å². The third kappa shape index (κ3) is 17.9. The maximum atomic E-state index is 5.78. The lowest BCUT2D eigenvalue weighted by Crippen LogP contribution is -1.81. The fourth-order valence-electron chi connectivity index (χ4n) is 18.4. The van der Waals surface area contributed by atoms with E-state index in [2.05, 4.69) is 414 Å². The zero-order chi connectivity index (χ0) is 89.4. The zero-order valence-electron chi connectivity index (χ0n) is 75.3. The van der Waals surface area contributed by atoms with Crippen LogP contribution in [0.5, 0.6) is 0 Å². The minimum atomic E-state index is 0.966. The van der Waals surface area contributed by atoms with Gasteiger partial charge in [0.15, 0.2) is 0 Å². The van der Waals surface area contributed by atoms with E-state index in [1.54, 1.807) is 0 Å². The normalized spacial score (nSPS) is 11.1. The lowest BCUT2D eigenvalue weighted by Gasteiger charge is -2.06. The van der Waals surface area contributed by atoms with Crippen molar-refractivity contribution in [2.45, 2.75) is 62.3 Å². The van der Waals surface area contributed by atoms with Crippen LogP contribution in [0.1, 0.15) is 50.1 Å². The Bertz CT molecular complexity index is 8760. The Balaban J connectivity index is 0.0000000953. The molecule has 0 unspecified atom stereocenters. The van der Waals surface area contributed by atoms with Gasteiger partial charge in [0.05, 0.1) is 0 Å². The Morgan fingerprint density at radius 2 is 0.420 bits per heavy atom. The summed E-state index contributed by atoms with van der Waals surface area (Å²) in [6.07, 6.45) is 0. The molecule has 4 nitrogen and oxygen atoms in total. The Labute approximate surface area is 763 Å². The number of hydrogen-bond donors (Lipinski definition) is 0. The molecule has 4 aromatic heterocycles. The Hall–Kier alpha value is -16.1.